The molecule has 0 fully saturated rings. The van der Waals surface area contributed by atoms with Crippen LogP contribution in [0.2, 0.25) is 0 Å². The molecule has 3 rings (SSSR count). The minimum absolute atomic E-state index is 0.0485. The first kappa shape index (κ1) is 11.0. The number of aromatic nitrogens is 2. The van der Waals surface area contributed by atoms with Gasteiger partial charge in [0.05, 0.1) is 6.04 Å². The average Bonchev–Trinajstić information content (AvgIpc) is 2.99. The van der Waals surface area contributed by atoms with Crippen molar-refractivity contribution >= 4 is 6.01 Å². The maximum atomic E-state index is 5.57. The summed E-state index contributed by atoms with van der Waals surface area (Å²) in [4.78, 5) is 0. The Labute approximate surface area is 104 Å². The standard InChI is InChI=1S/C12H14N4O2/c13-6-5-11-15-16-12(18-11)14-9-7-17-10-4-2-1-3-8(9)10/h1-4,9H,5-7,13H2,(H,14,16). The maximum absolute atomic E-state index is 5.57. The summed E-state index contributed by atoms with van der Waals surface area (Å²) in [7, 11) is 0. The molecule has 1 atom stereocenters. The van der Waals surface area contributed by atoms with Crippen molar-refractivity contribution in [3.05, 3.63) is 35.7 Å². The molecule has 1 aromatic heterocycles. The molecular formula is C12H14N4O2. The van der Waals surface area contributed by atoms with Crippen molar-refractivity contribution in [2.24, 2.45) is 5.73 Å². The van der Waals surface area contributed by atoms with Crippen LogP contribution >= 0.6 is 0 Å². The molecule has 1 unspecified atom stereocenters. The quantitative estimate of drug-likeness (QED) is 0.840. The molecule has 0 aliphatic carbocycles. The summed E-state index contributed by atoms with van der Waals surface area (Å²) in [5.74, 6) is 1.45. The second kappa shape index (κ2) is 4.66. The SMILES string of the molecule is NCCc1nnc(NC2COc3ccccc32)o1. The highest BCUT2D eigenvalue weighted by molar-refractivity contribution is 5.43. The molecule has 0 spiro atoms. The summed E-state index contributed by atoms with van der Waals surface area (Å²) in [6, 6.07) is 8.36. The Kier molecular flexibility index (Phi) is 2.85. The van der Waals surface area contributed by atoms with Crippen molar-refractivity contribution < 1.29 is 9.15 Å². The van der Waals surface area contributed by atoms with Gasteiger partial charge in [-0.1, -0.05) is 23.3 Å². The number of benzene rings is 1. The monoisotopic (exact) mass is 246 g/mol. The third-order valence-corrected chi connectivity index (χ3v) is 2.82. The van der Waals surface area contributed by atoms with Crippen molar-refractivity contribution in [3.63, 3.8) is 0 Å². The lowest BCUT2D eigenvalue weighted by molar-refractivity contribution is 0.337. The predicted octanol–water partition coefficient (Wildman–Crippen LogP) is 1.12. The minimum Gasteiger partial charge on any atom is -0.491 e. The summed E-state index contributed by atoms with van der Waals surface area (Å²) in [6.45, 7) is 1.06. The van der Waals surface area contributed by atoms with E-state index in [0.717, 1.165) is 11.3 Å². The van der Waals surface area contributed by atoms with Crippen molar-refractivity contribution in [2.45, 2.75) is 12.5 Å². The van der Waals surface area contributed by atoms with Crippen molar-refractivity contribution in [1.29, 1.82) is 0 Å². The highest BCUT2D eigenvalue weighted by Gasteiger charge is 2.24. The largest absolute Gasteiger partial charge is 0.491 e. The Morgan fingerprint density at radius 1 is 1.33 bits per heavy atom. The molecule has 0 radical (unpaired) electrons. The van der Waals surface area contributed by atoms with Gasteiger partial charge >= 0.3 is 6.01 Å². The molecule has 3 N–H and O–H groups in total. The van der Waals surface area contributed by atoms with Gasteiger partial charge in [0.2, 0.25) is 5.89 Å². The van der Waals surface area contributed by atoms with Crippen molar-refractivity contribution in [1.82, 2.24) is 10.2 Å². The van der Waals surface area contributed by atoms with E-state index in [0.29, 0.717) is 31.5 Å². The zero-order valence-corrected chi connectivity index (χ0v) is 9.80. The normalized spacial score (nSPS) is 17.3. The highest BCUT2D eigenvalue weighted by Crippen LogP contribution is 2.33. The van der Waals surface area contributed by atoms with Crippen LogP contribution in [0.3, 0.4) is 0 Å². The van der Waals surface area contributed by atoms with Crippen LogP contribution in [-0.4, -0.2) is 23.3 Å². The number of nitrogens with one attached hydrogen (secondary N) is 1. The van der Waals surface area contributed by atoms with E-state index in [-0.39, 0.29) is 6.04 Å². The van der Waals surface area contributed by atoms with E-state index in [1.54, 1.807) is 0 Å². The number of nitrogens with zero attached hydrogens (tertiary/aromatic N) is 2. The molecule has 1 aromatic carbocycles. The Bertz CT molecular complexity index is 540. The van der Waals surface area contributed by atoms with Gasteiger partial charge in [-0.2, -0.15) is 0 Å². The topological polar surface area (TPSA) is 86.2 Å². The number of hydrogen-bond acceptors (Lipinski definition) is 6. The molecule has 1 aliphatic rings. The van der Waals surface area contributed by atoms with Crippen LogP contribution < -0.4 is 15.8 Å². The fourth-order valence-electron chi connectivity index (χ4n) is 1.97. The van der Waals surface area contributed by atoms with Gasteiger partial charge in [0.25, 0.3) is 0 Å². The van der Waals surface area contributed by atoms with E-state index >= 15 is 0 Å². The number of hydrogen-bond donors (Lipinski definition) is 2. The summed E-state index contributed by atoms with van der Waals surface area (Å²) in [5, 5.41) is 11.0. The fourth-order valence-corrected chi connectivity index (χ4v) is 1.97. The summed E-state index contributed by atoms with van der Waals surface area (Å²) in [5.41, 5.74) is 6.54. The van der Waals surface area contributed by atoms with Crippen LogP contribution in [0.15, 0.2) is 28.7 Å². The van der Waals surface area contributed by atoms with Gasteiger partial charge < -0.3 is 20.2 Å². The van der Waals surface area contributed by atoms with Crippen LogP contribution in [0, 0.1) is 0 Å². The number of rotatable bonds is 4. The van der Waals surface area contributed by atoms with Gasteiger partial charge in [-0.25, -0.2) is 0 Å². The maximum Gasteiger partial charge on any atom is 0.316 e. The summed E-state index contributed by atoms with van der Waals surface area (Å²) < 4.78 is 11.0. The molecule has 2 heterocycles. The number of para-hydroxylation sites is 1. The molecule has 1 aliphatic heterocycles. The van der Waals surface area contributed by atoms with Crippen LogP contribution in [-0.2, 0) is 6.42 Å². The van der Waals surface area contributed by atoms with Crippen LogP contribution in [0.5, 0.6) is 5.75 Å². The van der Waals surface area contributed by atoms with Crippen LogP contribution in [0.4, 0.5) is 6.01 Å². The molecular weight excluding hydrogens is 232 g/mol. The fraction of sp³-hybridized carbons (Fsp3) is 0.333. The Hall–Kier alpha value is -2.08. The zero-order chi connectivity index (χ0) is 12.4. The van der Waals surface area contributed by atoms with Crippen LogP contribution in [0.1, 0.15) is 17.5 Å². The molecule has 0 saturated heterocycles. The third kappa shape index (κ3) is 2.02. The molecule has 2 aromatic rings. The first-order valence-corrected chi connectivity index (χ1v) is 5.87. The molecule has 0 amide bonds. The Morgan fingerprint density at radius 2 is 2.22 bits per heavy atom. The lowest BCUT2D eigenvalue weighted by Crippen LogP contribution is -2.12. The average molecular weight is 246 g/mol. The first-order chi connectivity index (χ1) is 8.86. The van der Waals surface area contributed by atoms with Crippen LogP contribution in [0.25, 0.3) is 0 Å². The smallest absolute Gasteiger partial charge is 0.316 e. The molecule has 6 nitrogen and oxygen atoms in total. The number of ether oxygens (including phenoxy) is 1. The lowest BCUT2D eigenvalue weighted by Gasteiger charge is -2.08. The minimum atomic E-state index is 0.0485. The third-order valence-electron chi connectivity index (χ3n) is 2.82. The summed E-state index contributed by atoms with van der Waals surface area (Å²) in [6.07, 6.45) is 0.590. The van der Waals surface area contributed by atoms with Crippen molar-refractivity contribution in [3.8, 4) is 5.75 Å². The van der Waals surface area contributed by atoms with Gasteiger partial charge in [0, 0.05) is 18.5 Å². The van der Waals surface area contributed by atoms with Gasteiger partial charge in [-0.05, 0) is 6.07 Å². The van der Waals surface area contributed by atoms with E-state index in [1.807, 2.05) is 24.3 Å². The summed E-state index contributed by atoms with van der Waals surface area (Å²) >= 11 is 0. The molecule has 6 heteroatoms. The molecule has 0 saturated carbocycles. The van der Waals surface area contributed by atoms with Gasteiger partial charge in [0.15, 0.2) is 0 Å². The van der Waals surface area contributed by atoms with Gasteiger partial charge in [0.1, 0.15) is 12.4 Å². The second-order valence-electron chi connectivity index (χ2n) is 4.09. The second-order valence-corrected chi connectivity index (χ2v) is 4.09. The van der Waals surface area contributed by atoms with E-state index in [1.165, 1.54) is 0 Å². The zero-order valence-electron chi connectivity index (χ0n) is 9.80. The lowest BCUT2D eigenvalue weighted by atomic mass is 10.1. The number of fused-ring (bicyclic) bond motifs is 1. The van der Waals surface area contributed by atoms with Crippen molar-refractivity contribution in [2.75, 3.05) is 18.5 Å². The Balaban J connectivity index is 1.73. The van der Waals surface area contributed by atoms with Gasteiger partial charge in [-0.15, -0.1) is 5.10 Å². The van der Waals surface area contributed by atoms with Gasteiger partial charge in [-0.3, -0.25) is 0 Å². The number of nitrogens with two attached hydrogens (primary N) is 1. The predicted molar refractivity (Wildman–Crippen MR) is 65.4 cm³/mol. The van der Waals surface area contributed by atoms with E-state index < -0.39 is 0 Å². The molecule has 94 valence electrons. The van der Waals surface area contributed by atoms with E-state index in [9.17, 15) is 0 Å². The first-order valence-electron chi connectivity index (χ1n) is 5.87. The van der Waals surface area contributed by atoms with E-state index in [4.69, 9.17) is 14.9 Å². The van der Waals surface area contributed by atoms with E-state index in [2.05, 4.69) is 15.5 Å². The number of anilines is 1. The Morgan fingerprint density at radius 3 is 3.11 bits per heavy atom. The molecule has 18 heavy (non-hydrogen) atoms. The molecule has 0 bridgehead atoms. The highest BCUT2D eigenvalue weighted by atomic mass is 16.5.